The molecule has 0 spiro atoms. The predicted molar refractivity (Wildman–Crippen MR) is 363 cm³/mol. The highest BCUT2D eigenvalue weighted by molar-refractivity contribution is 5.71. The first-order chi connectivity index (χ1) is 41.0. The van der Waals surface area contributed by atoms with E-state index in [1.54, 1.807) is 0 Å². The molecule has 0 radical (unpaired) electrons. The number of rotatable bonds is 73. The number of carbonyl (C=O) groups excluding carboxylic acids is 3. The second kappa shape index (κ2) is 72.9. The van der Waals surface area contributed by atoms with Crippen molar-refractivity contribution in [3.8, 4) is 0 Å². The van der Waals surface area contributed by atoms with Gasteiger partial charge in [0.05, 0.1) is 0 Å². The van der Waals surface area contributed by atoms with Gasteiger partial charge in [0.2, 0.25) is 0 Å². The van der Waals surface area contributed by atoms with Crippen LogP contribution < -0.4 is 0 Å². The largest absolute Gasteiger partial charge is 0.462 e. The van der Waals surface area contributed by atoms with Gasteiger partial charge in [-0.05, 0) is 19.3 Å². The minimum absolute atomic E-state index is 0.0598. The molecular formula is C77H150O6. The fourth-order valence-electron chi connectivity index (χ4n) is 12.3. The van der Waals surface area contributed by atoms with Crippen LogP contribution in [0.2, 0.25) is 0 Å². The van der Waals surface area contributed by atoms with Crippen molar-refractivity contribution in [2.75, 3.05) is 13.2 Å². The van der Waals surface area contributed by atoms with E-state index in [0.717, 1.165) is 57.8 Å². The molecular weight excluding hydrogens is 1020 g/mol. The lowest BCUT2D eigenvalue weighted by Crippen LogP contribution is -2.30. The number of ether oxygens (including phenoxy) is 3. The average Bonchev–Trinajstić information content (AvgIpc) is 3.49. The van der Waals surface area contributed by atoms with Gasteiger partial charge in [-0.1, -0.05) is 419 Å². The van der Waals surface area contributed by atoms with E-state index in [4.69, 9.17) is 14.2 Å². The molecule has 0 aliphatic rings. The maximum Gasteiger partial charge on any atom is 0.306 e. The molecule has 0 heterocycles. The van der Waals surface area contributed by atoms with E-state index in [-0.39, 0.29) is 31.1 Å². The zero-order valence-corrected chi connectivity index (χ0v) is 57.0. The number of unbranched alkanes of at least 4 members (excludes halogenated alkanes) is 62. The molecule has 0 rings (SSSR count). The normalized spacial score (nSPS) is 11.9. The van der Waals surface area contributed by atoms with Crippen LogP contribution in [0.4, 0.5) is 0 Å². The van der Waals surface area contributed by atoms with Crippen molar-refractivity contribution in [3.05, 3.63) is 0 Å². The summed E-state index contributed by atoms with van der Waals surface area (Å²) in [5.74, 6) is -0.814. The Morgan fingerprint density at radius 3 is 0.482 bits per heavy atom. The van der Waals surface area contributed by atoms with Crippen LogP contribution in [0.3, 0.4) is 0 Å². The van der Waals surface area contributed by atoms with Gasteiger partial charge >= 0.3 is 17.9 Å². The van der Waals surface area contributed by atoms with E-state index in [0.29, 0.717) is 19.3 Å². The lowest BCUT2D eigenvalue weighted by Gasteiger charge is -2.18. The number of hydrogen-bond acceptors (Lipinski definition) is 6. The highest BCUT2D eigenvalue weighted by Gasteiger charge is 2.20. The Labute approximate surface area is 520 Å². The second-order valence-corrected chi connectivity index (χ2v) is 26.6. The molecule has 6 heteroatoms. The smallest absolute Gasteiger partial charge is 0.306 e. The van der Waals surface area contributed by atoms with E-state index in [1.807, 2.05) is 0 Å². The summed E-state index contributed by atoms with van der Waals surface area (Å²) in [6.45, 7) is 6.76. The standard InChI is InChI=1S/C77H150O6/c1-4-7-10-13-16-19-22-25-28-30-32-34-36-38-40-42-44-46-49-52-55-58-61-64-67-70-76(79)82-73-74(72-81-75(78)69-66-63-60-57-54-51-48-27-24-21-18-15-12-9-6-3)83-77(80)71-68-65-62-59-56-53-50-47-45-43-41-39-37-35-33-31-29-26-23-20-17-14-11-8-5-2/h74H,4-73H2,1-3H3. The summed E-state index contributed by atoms with van der Waals surface area (Å²) in [5.41, 5.74) is 0. The summed E-state index contributed by atoms with van der Waals surface area (Å²) in [5, 5.41) is 0. The van der Waals surface area contributed by atoms with Crippen molar-refractivity contribution >= 4 is 17.9 Å². The first-order valence-corrected chi connectivity index (χ1v) is 38.5. The van der Waals surface area contributed by atoms with Gasteiger partial charge in [-0.15, -0.1) is 0 Å². The van der Waals surface area contributed by atoms with Crippen molar-refractivity contribution in [1.29, 1.82) is 0 Å². The van der Waals surface area contributed by atoms with E-state index in [2.05, 4.69) is 20.8 Å². The summed E-state index contributed by atoms with van der Waals surface area (Å²) < 4.78 is 17.1. The molecule has 0 saturated heterocycles. The van der Waals surface area contributed by atoms with Crippen molar-refractivity contribution in [2.24, 2.45) is 0 Å². The third-order valence-electron chi connectivity index (χ3n) is 18.1. The van der Waals surface area contributed by atoms with Crippen molar-refractivity contribution < 1.29 is 28.6 Å². The molecule has 0 aromatic heterocycles. The summed E-state index contributed by atoms with van der Waals surface area (Å²) in [6.07, 6.45) is 87.3. The molecule has 0 saturated carbocycles. The summed E-state index contributed by atoms with van der Waals surface area (Å²) in [4.78, 5) is 38.5. The fraction of sp³-hybridized carbons (Fsp3) is 0.961. The van der Waals surface area contributed by atoms with Crippen molar-refractivity contribution in [3.63, 3.8) is 0 Å². The number of esters is 3. The minimum Gasteiger partial charge on any atom is -0.462 e. The molecule has 0 N–H and O–H groups in total. The summed E-state index contributed by atoms with van der Waals surface area (Å²) in [6, 6.07) is 0. The third kappa shape index (κ3) is 71.1. The Balaban J connectivity index is 4.20. The van der Waals surface area contributed by atoms with Crippen LogP contribution in [-0.2, 0) is 28.6 Å². The zero-order valence-electron chi connectivity index (χ0n) is 57.0. The minimum atomic E-state index is -0.764. The predicted octanol–water partition coefficient (Wildman–Crippen LogP) is 26.6. The van der Waals surface area contributed by atoms with E-state index in [9.17, 15) is 14.4 Å². The molecule has 0 amide bonds. The summed E-state index contributed by atoms with van der Waals surface area (Å²) in [7, 11) is 0. The maximum absolute atomic E-state index is 13.0. The average molecular weight is 1170 g/mol. The van der Waals surface area contributed by atoms with Gasteiger partial charge < -0.3 is 14.2 Å². The Morgan fingerprint density at radius 1 is 0.193 bits per heavy atom. The molecule has 0 aromatic rings. The second-order valence-electron chi connectivity index (χ2n) is 26.6. The SMILES string of the molecule is CCCCCCCCCCCCCCCCCCCCCCCCCCCC(=O)OCC(COC(=O)CCCCCCCCCCCCCCCCC)OC(=O)CCCCCCCCCCCCCCCCCCCCCCCCCCC. The molecule has 1 atom stereocenters. The molecule has 0 aromatic carbocycles. The van der Waals surface area contributed by atoms with Gasteiger partial charge in [-0.3, -0.25) is 14.4 Å². The van der Waals surface area contributed by atoms with Crippen LogP contribution in [-0.4, -0.2) is 37.2 Å². The number of carbonyl (C=O) groups is 3. The van der Waals surface area contributed by atoms with Crippen LogP contribution in [0.25, 0.3) is 0 Å². The fourth-order valence-corrected chi connectivity index (χ4v) is 12.3. The Hall–Kier alpha value is -1.59. The molecule has 0 aliphatic heterocycles. The molecule has 494 valence electrons. The highest BCUT2D eigenvalue weighted by Crippen LogP contribution is 2.20. The lowest BCUT2D eigenvalue weighted by atomic mass is 10.0. The van der Waals surface area contributed by atoms with Gasteiger partial charge in [0.15, 0.2) is 6.10 Å². The van der Waals surface area contributed by atoms with Gasteiger partial charge in [-0.25, -0.2) is 0 Å². The Bertz CT molecular complexity index is 1250. The van der Waals surface area contributed by atoms with Crippen LogP contribution in [0, 0.1) is 0 Å². The molecule has 0 aliphatic carbocycles. The van der Waals surface area contributed by atoms with Crippen LogP contribution in [0.15, 0.2) is 0 Å². The van der Waals surface area contributed by atoms with Crippen LogP contribution in [0.1, 0.15) is 457 Å². The van der Waals surface area contributed by atoms with Crippen LogP contribution in [0.5, 0.6) is 0 Å². The highest BCUT2D eigenvalue weighted by atomic mass is 16.6. The zero-order chi connectivity index (χ0) is 59.9. The van der Waals surface area contributed by atoms with Gasteiger partial charge in [-0.2, -0.15) is 0 Å². The molecule has 6 nitrogen and oxygen atoms in total. The molecule has 83 heavy (non-hydrogen) atoms. The topological polar surface area (TPSA) is 78.9 Å². The molecule has 0 fully saturated rings. The van der Waals surface area contributed by atoms with Gasteiger partial charge in [0.1, 0.15) is 13.2 Å². The monoisotopic (exact) mass is 1170 g/mol. The van der Waals surface area contributed by atoms with E-state index >= 15 is 0 Å². The van der Waals surface area contributed by atoms with Crippen LogP contribution >= 0.6 is 0 Å². The lowest BCUT2D eigenvalue weighted by molar-refractivity contribution is -0.167. The Kier molecular flexibility index (Phi) is 71.5. The molecule has 0 bridgehead atoms. The van der Waals surface area contributed by atoms with E-state index in [1.165, 1.54) is 360 Å². The quantitative estimate of drug-likeness (QED) is 0.0343. The number of hydrogen-bond donors (Lipinski definition) is 0. The van der Waals surface area contributed by atoms with Gasteiger partial charge in [0, 0.05) is 19.3 Å². The van der Waals surface area contributed by atoms with Crippen molar-refractivity contribution in [2.45, 2.75) is 463 Å². The molecule has 1 unspecified atom stereocenters. The van der Waals surface area contributed by atoms with E-state index < -0.39 is 6.10 Å². The van der Waals surface area contributed by atoms with Crippen molar-refractivity contribution in [1.82, 2.24) is 0 Å². The maximum atomic E-state index is 13.0. The first kappa shape index (κ1) is 81.4. The summed E-state index contributed by atoms with van der Waals surface area (Å²) >= 11 is 0. The van der Waals surface area contributed by atoms with Gasteiger partial charge in [0.25, 0.3) is 0 Å². The Morgan fingerprint density at radius 2 is 0.325 bits per heavy atom. The third-order valence-corrected chi connectivity index (χ3v) is 18.1. The first-order valence-electron chi connectivity index (χ1n) is 38.5.